The fourth-order valence-corrected chi connectivity index (χ4v) is 3.37. The number of amides is 1. The number of hydrogen-bond donors (Lipinski definition) is 1. The maximum Gasteiger partial charge on any atom is 0.328 e. The maximum absolute atomic E-state index is 12.3. The summed E-state index contributed by atoms with van der Waals surface area (Å²) in [7, 11) is 1.29. The summed E-state index contributed by atoms with van der Waals surface area (Å²) in [5.74, 6) is -0.179. The lowest BCUT2D eigenvalue weighted by Gasteiger charge is -2.16. The number of carbonyl (C=O) groups excluding carboxylic acids is 2. The first-order chi connectivity index (χ1) is 12.0. The zero-order chi connectivity index (χ0) is 18.2. The Hall–Kier alpha value is -1.83. The summed E-state index contributed by atoms with van der Waals surface area (Å²) in [4.78, 5) is 36.3. The summed E-state index contributed by atoms with van der Waals surface area (Å²) in [5.41, 5.74) is 1.61. The van der Waals surface area contributed by atoms with E-state index in [-0.39, 0.29) is 12.1 Å². The lowest BCUT2D eigenvalue weighted by molar-refractivity contribution is -0.145. The zero-order valence-electron chi connectivity index (χ0n) is 14.7. The second-order valence-corrected chi connectivity index (χ2v) is 7.08. The highest BCUT2D eigenvalue weighted by Gasteiger charge is 2.22. The second-order valence-electron chi connectivity index (χ2n) is 6.10. The lowest BCUT2D eigenvalue weighted by atomic mass is 10.1. The number of hydrogen-bond acceptors (Lipinski definition) is 6. The normalized spacial score (nSPS) is 15.0. The van der Waals surface area contributed by atoms with Crippen molar-refractivity contribution in [3.63, 3.8) is 0 Å². The van der Waals surface area contributed by atoms with E-state index in [9.17, 15) is 14.4 Å². The highest BCUT2D eigenvalue weighted by Crippen LogP contribution is 2.16. The SMILES string of the molecule is COC(=O)[C@H](CCSC)NC(=O)Cn1nc2c(cc1=O)CCCCC2. The fraction of sp³-hybridized carbons (Fsp3) is 0.647. The minimum absolute atomic E-state index is 0.196. The molecule has 1 heterocycles. The van der Waals surface area contributed by atoms with Crippen LogP contribution in [0.25, 0.3) is 0 Å². The average Bonchev–Trinajstić information content (AvgIpc) is 2.83. The van der Waals surface area contributed by atoms with Gasteiger partial charge in [0, 0.05) is 6.07 Å². The maximum atomic E-state index is 12.3. The second kappa shape index (κ2) is 9.60. The van der Waals surface area contributed by atoms with Crippen LogP contribution in [0.2, 0.25) is 0 Å². The Bertz CT molecular complexity index is 674. The number of esters is 1. The molecule has 1 amide bonds. The van der Waals surface area contributed by atoms with Gasteiger partial charge in [-0.3, -0.25) is 9.59 Å². The van der Waals surface area contributed by atoms with E-state index in [2.05, 4.69) is 10.4 Å². The van der Waals surface area contributed by atoms with Gasteiger partial charge in [0.05, 0.1) is 12.8 Å². The number of aryl methyl sites for hydroxylation is 2. The van der Waals surface area contributed by atoms with Crippen LogP contribution < -0.4 is 10.9 Å². The number of aromatic nitrogens is 2. The molecule has 0 aromatic carbocycles. The minimum atomic E-state index is -0.707. The predicted molar refractivity (Wildman–Crippen MR) is 96.7 cm³/mol. The van der Waals surface area contributed by atoms with Gasteiger partial charge in [-0.1, -0.05) is 6.42 Å². The average molecular weight is 367 g/mol. The van der Waals surface area contributed by atoms with Gasteiger partial charge >= 0.3 is 5.97 Å². The molecule has 0 saturated carbocycles. The molecule has 0 bridgehead atoms. The van der Waals surface area contributed by atoms with Gasteiger partial charge in [0.2, 0.25) is 5.91 Å². The van der Waals surface area contributed by atoms with E-state index in [1.807, 2.05) is 6.26 Å². The highest BCUT2D eigenvalue weighted by atomic mass is 32.2. The first-order valence-electron chi connectivity index (χ1n) is 8.51. The first-order valence-corrected chi connectivity index (χ1v) is 9.90. The molecular formula is C17H25N3O4S. The molecule has 1 aromatic rings. The van der Waals surface area contributed by atoms with Crippen molar-refractivity contribution in [2.75, 3.05) is 19.1 Å². The third-order valence-corrected chi connectivity index (χ3v) is 4.89. The van der Waals surface area contributed by atoms with Gasteiger partial charge in [-0.05, 0) is 49.7 Å². The van der Waals surface area contributed by atoms with Crippen molar-refractivity contribution >= 4 is 23.6 Å². The summed E-state index contributed by atoms with van der Waals surface area (Å²) in [5, 5.41) is 7.01. The van der Waals surface area contributed by atoms with Gasteiger partial charge in [-0.15, -0.1) is 0 Å². The Morgan fingerprint density at radius 2 is 2.12 bits per heavy atom. The number of thioether (sulfide) groups is 1. The smallest absolute Gasteiger partial charge is 0.328 e. The summed E-state index contributed by atoms with van der Waals surface area (Å²) in [6, 6.07) is 0.883. The van der Waals surface area contributed by atoms with Crippen molar-refractivity contribution < 1.29 is 14.3 Å². The Morgan fingerprint density at radius 3 is 2.84 bits per heavy atom. The topological polar surface area (TPSA) is 90.3 Å². The Kier molecular flexibility index (Phi) is 7.49. The van der Waals surface area contributed by atoms with Gasteiger partial charge in [0.25, 0.3) is 5.56 Å². The van der Waals surface area contributed by atoms with Crippen molar-refractivity contribution in [2.45, 2.75) is 51.1 Å². The van der Waals surface area contributed by atoms with E-state index in [0.717, 1.165) is 49.1 Å². The van der Waals surface area contributed by atoms with Crippen LogP contribution in [0, 0.1) is 0 Å². The number of methoxy groups -OCH3 is 1. The quantitative estimate of drug-likeness (QED) is 0.569. The number of nitrogens with zero attached hydrogens (tertiary/aromatic N) is 2. The van der Waals surface area contributed by atoms with Crippen LogP contribution in [-0.2, 0) is 33.7 Å². The van der Waals surface area contributed by atoms with Crippen LogP contribution in [-0.4, -0.2) is 46.8 Å². The summed E-state index contributed by atoms with van der Waals surface area (Å²) < 4.78 is 5.91. The minimum Gasteiger partial charge on any atom is -0.467 e. The Balaban J connectivity index is 2.07. The van der Waals surface area contributed by atoms with Crippen LogP contribution in [0.4, 0.5) is 0 Å². The van der Waals surface area contributed by atoms with Crippen molar-refractivity contribution in [2.24, 2.45) is 0 Å². The molecule has 0 spiro atoms. The molecule has 1 aliphatic carbocycles. The van der Waals surface area contributed by atoms with Crippen LogP contribution in [0.5, 0.6) is 0 Å². The molecule has 7 nitrogen and oxygen atoms in total. The molecule has 0 unspecified atom stereocenters. The molecule has 0 fully saturated rings. The molecule has 1 aromatic heterocycles. The third-order valence-electron chi connectivity index (χ3n) is 4.25. The molecule has 1 N–H and O–H groups in total. The Labute approximate surface area is 151 Å². The first kappa shape index (κ1) is 19.5. The summed E-state index contributed by atoms with van der Waals surface area (Å²) in [6.45, 7) is -0.196. The van der Waals surface area contributed by atoms with Gasteiger partial charge in [0.15, 0.2) is 0 Å². The van der Waals surface area contributed by atoms with Gasteiger partial charge < -0.3 is 10.1 Å². The molecular weight excluding hydrogens is 342 g/mol. The van der Waals surface area contributed by atoms with Crippen LogP contribution >= 0.6 is 11.8 Å². The molecule has 138 valence electrons. The Morgan fingerprint density at radius 1 is 1.36 bits per heavy atom. The molecule has 2 rings (SSSR count). The molecule has 1 atom stereocenters. The van der Waals surface area contributed by atoms with E-state index in [4.69, 9.17) is 4.74 Å². The number of ether oxygens (including phenoxy) is 1. The lowest BCUT2D eigenvalue weighted by Crippen LogP contribution is -2.44. The molecule has 0 radical (unpaired) electrons. The number of nitrogens with one attached hydrogen (secondary N) is 1. The molecule has 1 aliphatic rings. The van der Waals surface area contributed by atoms with Crippen molar-refractivity contribution in [3.05, 3.63) is 27.7 Å². The zero-order valence-corrected chi connectivity index (χ0v) is 15.6. The van der Waals surface area contributed by atoms with E-state index in [1.165, 1.54) is 11.8 Å². The van der Waals surface area contributed by atoms with Crippen molar-refractivity contribution in [1.29, 1.82) is 0 Å². The number of carbonyl (C=O) groups is 2. The number of fused-ring (bicyclic) bond motifs is 1. The molecule has 25 heavy (non-hydrogen) atoms. The molecule has 8 heteroatoms. The van der Waals surface area contributed by atoms with Crippen LogP contribution in [0.15, 0.2) is 10.9 Å². The van der Waals surface area contributed by atoms with Gasteiger partial charge in [0.1, 0.15) is 12.6 Å². The highest BCUT2D eigenvalue weighted by molar-refractivity contribution is 7.98. The van der Waals surface area contributed by atoms with Crippen LogP contribution in [0.1, 0.15) is 36.9 Å². The molecule has 0 aliphatic heterocycles. The van der Waals surface area contributed by atoms with E-state index in [1.54, 1.807) is 17.8 Å². The van der Waals surface area contributed by atoms with Gasteiger partial charge in [-0.2, -0.15) is 16.9 Å². The van der Waals surface area contributed by atoms with E-state index in [0.29, 0.717) is 6.42 Å². The van der Waals surface area contributed by atoms with E-state index < -0.39 is 17.9 Å². The van der Waals surface area contributed by atoms with Gasteiger partial charge in [-0.25, -0.2) is 9.48 Å². The van der Waals surface area contributed by atoms with Crippen molar-refractivity contribution in [3.8, 4) is 0 Å². The summed E-state index contributed by atoms with van der Waals surface area (Å²) >= 11 is 1.58. The molecule has 0 saturated heterocycles. The number of rotatable bonds is 7. The van der Waals surface area contributed by atoms with Crippen LogP contribution in [0.3, 0.4) is 0 Å². The largest absolute Gasteiger partial charge is 0.467 e. The van der Waals surface area contributed by atoms with E-state index >= 15 is 0 Å². The fourth-order valence-electron chi connectivity index (χ4n) is 2.89. The standard InChI is InChI=1S/C17H25N3O4S/c1-24-17(23)14(8-9-25-2)18-15(21)11-20-16(22)10-12-6-4-3-5-7-13(12)19-20/h10,14H,3-9,11H2,1-2H3,(H,18,21)/t14-/m0/s1. The summed E-state index contributed by atoms with van der Waals surface area (Å²) in [6.07, 6.45) is 7.33. The van der Waals surface area contributed by atoms with Crippen molar-refractivity contribution in [1.82, 2.24) is 15.1 Å². The monoisotopic (exact) mass is 367 g/mol. The predicted octanol–water partition coefficient (Wildman–Crippen LogP) is 0.923. The third kappa shape index (κ3) is 5.59.